The molecule has 0 aliphatic carbocycles. The van der Waals surface area contributed by atoms with Crippen LogP contribution in [0.5, 0.6) is 17.2 Å². The highest BCUT2D eigenvalue weighted by Crippen LogP contribution is 2.40. The van der Waals surface area contributed by atoms with Gasteiger partial charge in [0.25, 0.3) is 5.91 Å². The van der Waals surface area contributed by atoms with E-state index in [1.54, 1.807) is 12.1 Å². The highest BCUT2D eigenvalue weighted by molar-refractivity contribution is 5.77. The topological polar surface area (TPSA) is 112 Å². The lowest BCUT2D eigenvalue weighted by Crippen LogP contribution is -2.39. The molecule has 3 aromatic rings. The van der Waals surface area contributed by atoms with Crippen LogP contribution in [0.1, 0.15) is 32.3 Å². The predicted octanol–water partition coefficient (Wildman–Crippen LogP) is 4.02. The van der Waals surface area contributed by atoms with E-state index >= 15 is 0 Å². The van der Waals surface area contributed by atoms with Gasteiger partial charge in [0.15, 0.2) is 12.4 Å². The lowest BCUT2D eigenvalue weighted by atomic mass is 9.99. The number of ether oxygens (including phenoxy) is 3. The number of nitrogens with zero attached hydrogens (tertiary/aromatic N) is 3. The van der Waals surface area contributed by atoms with Gasteiger partial charge in [-0.1, -0.05) is 12.1 Å². The summed E-state index contributed by atoms with van der Waals surface area (Å²) in [6.07, 6.45) is 4.92. The van der Waals surface area contributed by atoms with Crippen molar-refractivity contribution in [1.82, 2.24) is 14.9 Å². The number of likely N-dealkylation sites (tertiary alicyclic amines) is 1. The first kappa shape index (κ1) is 27.1. The standard InChI is InChI=1S/C28H34FN5O4/c1-3-36-24-13-19(14-25(37-4-2)27(24)20-5-7-21(29)8-6-20)17-34-11-9-22(10-12-34)33-28-31-15-23(16-32-28)38-18-26(30)35/h5-8,13-16,22H,3-4,9-12,17-18H2,1-2H3,(H2,30,35)(H,31,32,33). The molecule has 1 saturated heterocycles. The normalized spacial score (nSPS) is 14.2. The summed E-state index contributed by atoms with van der Waals surface area (Å²) in [5.41, 5.74) is 7.88. The van der Waals surface area contributed by atoms with Crippen molar-refractivity contribution < 1.29 is 23.4 Å². The molecule has 1 aromatic heterocycles. The van der Waals surface area contributed by atoms with E-state index in [2.05, 4.69) is 32.3 Å². The molecule has 1 fully saturated rings. The number of anilines is 1. The van der Waals surface area contributed by atoms with Gasteiger partial charge >= 0.3 is 0 Å². The number of rotatable bonds is 12. The minimum absolute atomic E-state index is 0.207. The molecule has 0 radical (unpaired) electrons. The molecule has 1 aliphatic rings. The zero-order chi connectivity index (χ0) is 26.9. The molecule has 202 valence electrons. The molecule has 0 unspecified atom stereocenters. The monoisotopic (exact) mass is 523 g/mol. The number of nitrogens with two attached hydrogens (primary N) is 1. The van der Waals surface area contributed by atoms with Crippen LogP contribution in [-0.4, -0.2) is 59.7 Å². The Hall–Kier alpha value is -3.92. The van der Waals surface area contributed by atoms with Gasteiger partial charge < -0.3 is 25.3 Å². The van der Waals surface area contributed by atoms with Gasteiger partial charge in [-0.05, 0) is 62.1 Å². The second-order valence-corrected chi connectivity index (χ2v) is 9.03. The predicted molar refractivity (Wildman–Crippen MR) is 143 cm³/mol. The maximum Gasteiger partial charge on any atom is 0.255 e. The van der Waals surface area contributed by atoms with Crippen LogP contribution >= 0.6 is 0 Å². The number of hydrogen-bond acceptors (Lipinski definition) is 8. The summed E-state index contributed by atoms with van der Waals surface area (Å²) >= 11 is 0. The van der Waals surface area contributed by atoms with Crippen LogP contribution in [0.4, 0.5) is 10.3 Å². The smallest absolute Gasteiger partial charge is 0.255 e. The van der Waals surface area contributed by atoms with Crippen LogP contribution in [0.3, 0.4) is 0 Å². The number of nitrogens with one attached hydrogen (secondary N) is 1. The summed E-state index contributed by atoms with van der Waals surface area (Å²) in [5.74, 6) is 1.55. The quantitative estimate of drug-likeness (QED) is 0.366. The van der Waals surface area contributed by atoms with Gasteiger partial charge in [0, 0.05) is 25.7 Å². The van der Waals surface area contributed by atoms with Crippen LogP contribution in [0.15, 0.2) is 48.8 Å². The van der Waals surface area contributed by atoms with Crippen molar-refractivity contribution in [2.75, 3.05) is 38.2 Å². The van der Waals surface area contributed by atoms with Crippen molar-refractivity contribution in [2.45, 2.75) is 39.3 Å². The third kappa shape index (κ3) is 7.32. The van der Waals surface area contributed by atoms with Crippen LogP contribution < -0.4 is 25.3 Å². The average Bonchev–Trinajstić information content (AvgIpc) is 2.90. The molecule has 4 rings (SSSR count). The maximum absolute atomic E-state index is 13.5. The SMILES string of the molecule is CCOc1cc(CN2CCC(Nc3ncc(OCC(N)=O)cn3)CC2)cc(OCC)c1-c1ccc(F)cc1. The molecule has 3 N–H and O–H groups in total. The Balaban J connectivity index is 1.39. The van der Waals surface area contributed by atoms with Crippen molar-refractivity contribution in [1.29, 1.82) is 0 Å². The number of piperidine rings is 1. The lowest BCUT2D eigenvalue weighted by Gasteiger charge is -2.32. The van der Waals surface area contributed by atoms with Crippen molar-refractivity contribution >= 4 is 11.9 Å². The number of aromatic nitrogens is 2. The summed E-state index contributed by atoms with van der Waals surface area (Å²) in [6, 6.07) is 10.8. The van der Waals surface area contributed by atoms with E-state index in [9.17, 15) is 9.18 Å². The van der Waals surface area contributed by atoms with E-state index < -0.39 is 5.91 Å². The van der Waals surface area contributed by atoms with E-state index in [1.807, 2.05) is 13.8 Å². The molecule has 0 atom stereocenters. The summed E-state index contributed by atoms with van der Waals surface area (Å²) in [5, 5.41) is 3.38. The molecule has 0 spiro atoms. The van der Waals surface area contributed by atoms with Gasteiger partial charge in [-0.3, -0.25) is 9.69 Å². The van der Waals surface area contributed by atoms with Gasteiger partial charge in [0.1, 0.15) is 17.3 Å². The molecule has 1 aliphatic heterocycles. The number of carbonyl (C=O) groups is 1. The molecule has 2 aromatic carbocycles. The minimum atomic E-state index is -0.550. The average molecular weight is 524 g/mol. The molecule has 2 heterocycles. The largest absolute Gasteiger partial charge is 0.493 e. The second-order valence-electron chi connectivity index (χ2n) is 9.03. The highest BCUT2D eigenvalue weighted by Gasteiger charge is 2.22. The Bertz CT molecular complexity index is 1170. The number of hydrogen-bond donors (Lipinski definition) is 2. The van der Waals surface area contributed by atoms with E-state index in [0.717, 1.165) is 60.7 Å². The van der Waals surface area contributed by atoms with Gasteiger partial charge in [0.05, 0.1) is 31.2 Å². The minimum Gasteiger partial charge on any atom is -0.493 e. The number of amides is 1. The lowest BCUT2D eigenvalue weighted by molar-refractivity contribution is -0.119. The van der Waals surface area contributed by atoms with Crippen molar-refractivity contribution in [3.8, 4) is 28.4 Å². The Labute approximate surface area is 222 Å². The van der Waals surface area contributed by atoms with Gasteiger partial charge in [-0.2, -0.15) is 0 Å². The van der Waals surface area contributed by atoms with Crippen LogP contribution in [0.25, 0.3) is 11.1 Å². The molecular formula is C28H34FN5O4. The number of primary amides is 1. The van der Waals surface area contributed by atoms with Crippen LogP contribution in [-0.2, 0) is 11.3 Å². The second kappa shape index (κ2) is 13.0. The molecule has 9 nitrogen and oxygen atoms in total. The van der Waals surface area contributed by atoms with Crippen LogP contribution in [0, 0.1) is 5.82 Å². The Morgan fingerprint density at radius 2 is 1.63 bits per heavy atom. The van der Waals surface area contributed by atoms with Crippen molar-refractivity contribution in [3.63, 3.8) is 0 Å². The Morgan fingerprint density at radius 3 is 2.18 bits per heavy atom. The molecule has 38 heavy (non-hydrogen) atoms. The number of carbonyl (C=O) groups excluding carboxylic acids is 1. The first-order valence-corrected chi connectivity index (χ1v) is 12.9. The van der Waals surface area contributed by atoms with Crippen LogP contribution in [0.2, 0.25) is 0 Å². The summed E-state index contributed by atoms with van der Waals surface area (Å²) in [6.45, 7) is 7.30. The first-order chi connectivity index (χ1) is 18.4. The van der Waals surface area contributed by atoms with E-state index in [0.29, 0.717) is 24.9 Å². The fraction of sp³-hybridized carbons (Fsp3) is 0.393. The van der Waals surface area contributed by atoms with Crippen molar-refractivity contribution in [3.05, 3.63) is 60.2 Å². The fourth-order valence-corrected chi connectivity index (χ4v) is 4.47. The van der Waals surface area contributed by atoms with Crippen molar-refractivity contribution in [2.24, 2.45) is 5.73 Å². The first-order valence-electron chi connectivity index (χ1n) is 12.9. The zero-order valence-electron chi connectivity index (χ0n) is 21.8. The maximum atomic E-state index is 13.5. The number of halogens is 1. The molecular weight excluding hydrogens is 489 g/mol. The molecule has 0 bridgehead atoms. The van der Waals surface area contributed by atoms with Gasteiger partial charge in [-0.25, -0.2) is 14.4 Å². The third-order valence-corrected chi connectivity index (χ3v) is 6.19. The summed E-state index contributed by atoms with van der Waals surface area (Å²) < 4.78 is 30.8. The highest BCUT2D eigenvalue weighted by atomic mass is 19.1. The fourth-order valence-electron chi connectivity index (χ4n) is 4.47. The molecule has 0 saturated carbocycles. The van der Waals surface area contributed by atoms with E-state index in [1.165, 1.54) is 24.5 Å². The molecule has 10 heteroatoms. The summed E-state index contributed by atoms with van der Waals surface area (Å²) in [4.78, 5) is 21.8. The zero-order valence-corrected chi connectivity index (χ0v) is 21.8. The van der Waals surface area contributed by atoms with Gasteiger partial charge in [-0.15, -0.1) is 0 Å². The summed E-state index contributed by atoms with van der Waals surface area (Å²) in [7, 11) is 0. The number of benzene rings is 2. The Kier molecular flexibility index (Phi) is 9.31. The van der Waals surface area contributed by atoms with E-state index in [-0.39, 0.29) is 18.5 Å². The molecule has 1 amide bonds. The van der Waals surface area contributed by atoms with E-state index in [4.69, 9.17) is 19.9 Å². The Morgan fingerprint density at radius 1 is 1.03 bits per heavy atom. The third-order valence-electron chi connectivity index (χ3n) is 6.19. The van der Waals surface area contributed by atoms with Gasteiger partial charge in [0.2, 0.25) is 5.95 Å².